The number of ether oxygens (including phenoxy) is 1. The van der Waals surface area contributed by atoms with Crippen molar-refractivity contribution >= 4 is 32.4 Å². The van der Waals surface area contributed by atoms with E-state index in [1.54, 1.807) is 25.4 Å². The second-order valence-corrected chi connectivity index (χ2v) is 12.0. The molecule has 9 nitrogen and oxygen atoms in total. The van der Waals surface area contributed by atoms with Gasteiger partial charge in [0.15, 0.2) is 0 Å². The Balaban J connectivity index is 1.49. The summed E-state index contributed by atoms with van der Waals surface area (Å²) in [6.45, 7) is 7.43. The minimum atomic E-state index is -3.52. The van der Waals surface area contributed by atoms with Gasteiger partial charge >= 0.3 is 0 Å². The van der Waals surface area contributed by atoms with Crippen molar-refractivity contribution in [1.29, 1.82) is 0 Å². The molecule has 1 fully saturated rings. The van der Waals surface area contributed by atoms with Gasteiger partial charge in [0, 0.05) is 35.8 Å². The van der Waals surface area contributed by atoms with Gasteiger partial charge in [0.25, 0.3) is 0 Å². The van der Waals surface area contributed by atoms with E-state index in [2.05, 4.69) is 25.3 Å². The van der Waals surface area contributed by atoms with Gasteiger partial charge in [0.1, 0.15) is 5.75 Å². The van der Waals surface area contributed by atoms with E-state index in [0.29, 0.717) is 35.4 Å². The Hall–Kier alpha value is -3.76. The third kappa shape index (κ3) is 5.97. The van der Waals surface area contributed by atoms with Crippen LogP contribution >= 0.6 is 0 Å². The van der Waals surface area contributed by atoms with Gasteiger partial charge in [-0.05, 0) is 69.5 Å². The molecule has 0 saturated carbocycles. The molecule has 1 saturated heterocycles. The molecule has 1 aliphatic heterocycles. The summed E-state index contributed by atoms with van der Waals surface area (Å²) < 4.78 is 34.8. The summed E-state index contributed by atoms with van der Waals surface area (Å²) in [4.78, 5) is 13.7. The first-order valence-corrected chi connectivity index (χ1v) is 14.9. The largest absolute Gasteiger partial charge is 0.437 e. The highest BCUT2D eigenvalue weighted by atomic mass is 32.2. The maximum Gasteiger partial charge on any atom is 0.235 e. The van der Waals surface area contributed by atoms with Crippen LogP contribution in [0.3, 0.4) is 0 Å². The Morgan fingerprint density at radius 1 is 1.08 bits per heavy atom. The predicted octanol–water partition coefficient (Wildman–Crippen LogP) is 5.50. The van der Waals surface area contributed by atoms with Crippen LogP contribution < -0.4 is 20.1 Å². The van der Waals surface area contributed by atoms with Crippen molar-refractivity contribution in [2.24, 2.45) is 0 Å². The molecule has 5 rings (SSSR count). The highest BCUT2D eigenvalue weighted by Crippen LogP contribution is 2.39. The molecular formula is C29H34N6O3S. The first kappa shape index (κ1) is 26.8. The van der Waals surface area contributed by atoms with Gasteiger partial charge in [-0.1, -0.05) is 31.2 Å². The zero-order valence-corrected chi connectivity index (χ0v) is 23.3. The van der Waals surface area contributed by atoms with Gasteiger partial charge in [0.2, 0.25) is 21.9 Å². The Morgan fingerprint density at radius 2 is 1.95 bits per heavy atom. The standard InChI is InChI=1S/C29H34N6O3S/c1-4-20(3)39(36,37)35-26-11-5-9-23-22(26)13-12-19(2)27(23)38-28-24(10-7-16-31-28)25-14-17-32-29(34-25)33-21-8-6-15-30-18-21/h5,7,9-14,16-17,20-21,30,35H,4,6,8,15,18H2,1-3H3,(H,32,33,34)/t20?,21-/m0/s1. The lowest BCUT2D eigenvalue weighted by molar-refractivity contribution is 0.466. The fourth-order valence-corrected chi connectivity index (χ4v) is 5.76. The van der Waals surface area contributed by atoms with Crippen LogP contribution in [0, 0.1) is 6.92 Å². The molecule has 4 aromatic rings. The first-order chi connectivity index (χ1) is 18.9. The molecule has 10 heteroatoms. The van der Waals surface area contributed by atoms with Crippen LogP contribution in [0.1, 0.15) is 38.7 Å². The third-order valence-electron chi connectivity index (χ3n) is 7.10. The maximum absolute atomic E-state index is 12.8. The molecule has 0 radical (unpaired) electrons. The Morgan fingerprint density at radius 3 is 2.74 bits per heavy atom. The number of nitrogens with one attached hydrogen (secondary N) is 3. The first-order valence-electron chi connectivity index (χ1n) is 13.3. The maximum atomic E-state index is 12.8. The van der Waals surface area contributed by atoms with Crippen molar-refractivity contribution in [2.45, 2.75) is 51.3 Å². The molecule has 3 N–H and O–H groups in total. The van der Waals surface area contributed by atoms with Gasteiger partial charge in [-0.25, -0.2) is 23.4 Å². The minimum Gasteiger partial charge on any atom is -0.437 e. The normalized spacial score (nSPS) is 16.5. The zero-order chi connectivity index (χ0) is 27.4. The summed E-state index contributed by atoms with van der Waals surface area (Å²) in [6.07, 6.45) is 6.12. The van der Waals surface area contributed by atoms with Gasteiger partial charge < -0.3 is 15.4 Å². The van der Waals surface area contributed by atoms with Gasteiger partial charge in [-0.2, -0.15) is 0 Å². The van der Waals surface area contributed by atoms with E-state index in [1.165, 1.54) is 0 Å². The average Bonchev–Trinajstić information content (AvgIpc) is 2.95. The smallest absolute Gasteiger partial charge is 0.235 e. The number of benzene rings is 2. The zero-order valence-electron chi connectivity index (χ0n) is 22.4. The van der Waals surface area contributed by atoms with Gasteiger partial charge in [-0.15, -0.1) is 0 Å². The fraction of sp³-hybridized carbons (Fsp3) is 0.345. The van der Waals surface area contributed by atoms with Crippen molar-refractivity contribution in [3.05, 3.63) is 66.5 Å². The number of anilines is 2. The highest BCUT2D eigenvalue weighted by Gasteiger charge is 2.21. The number of hydrogen-bond acceptors (Lipinski definition) is 8. The molecule has 2 aromatic carbocycles. The van der Waals surface area contributed by atoms with Crippen molar-refractivity contribution in [2.75, 3.05) is 23.1 Å². The van der Waals surface area contributed by atoms with E-state index < -0.39 is 15.3 Å². The number of hydrogen-bond donors (Lipinski definition) is 3. The van der Waals surface area contributed by atoms with Crippen molar-refractivity contribution in [1.82, 2.24) is 20.3 Å². The molecule has 0 bridgehead atoms. The van der Waals surface area contributed by atoms with Crippen molar-refractivity contribution < 1.29 is 13.2 Å². The van der Waals surface area contributed by atoms with Crippen LogP contribution in [0.15, 0.2) is 60.9 Å². The van der Waals surface area contributed by atoms with Crippen LogP contribution in [0.2, 0.25) is 0 Å². The number of pyridine rings is 1. The molecule has 2 atom stereocenters. The van der Waals surface area contributed by atoms with Crippen molar-refractivity contribution in [3.8, 4) is 22.9 Å². The molecule has 0 aliphatic carbocycles. The number of sulfonamides is 1. The minimum absolute atomic E-state index is 0.281. The monoisotopic (exact) mass is 546 g/mol. The molecule has 204 valence electrons. The van der Waals surface area contributed by atoms with Gasteiger partial charge in [-0.3, -0.25) is 4.72 Å². The summed E-state index contributed by atoms with van der Waals surface area (Å²) >= 11 is 0. The molecule has 1 unspecified atom stereocenters. The topological polar surface area (TPSA) is 118 Å². The number of piperidine rings is 1. The summed E-state index contributed by atoms with van der Waals surface area (Å²) in [5.74, 6) is 1.58. The van der Waals surface area contributed by atoms with Crippen LogP contribution in [0.25, 0.3) is 22.0 Å². The molecular weight excluding hydrogens is 512 g/mol. The highest BCUT2D eigenvalue weighted by molar-refractivity contribution is 7.93. The Labute approximate surface area is 229 Å². The molecule has 0 amide bonds. The summed E-state index contributed by atoms with van der Waals surface area (Å²) in [5.41, 5.74) is 2.84. The molecule has 3 heterocycles. The van der Waals surface area contributed by atoms with Gasteiger partial charge in [0.05, 0.1) is 22.2 Å². The number of aromatic nitrogens is 3. The number of aryl methyl sites for hydroxylation is 1. The summed E-state index contributed by atoms with van der Waals surface area (Å²) in [6, 6.07) is 15.2. The lowest BCUT2D eigenvalue weighted by Crippen LogP contribution is -2.38. The van der Waals surface area contributed by atoms with Crippen LogP contribution in [0.4, 0.5) is 11.6 Å². The van der Waals surface area contributed by atoms with E-state index >= 15 is 0 Å². The second-order valence-electron chi connectivity index (χ2n) is 9.89. The van der Waals surface area contributed by atoms with E-state index in [4.69, 9.17) is 9.72 Å². The Kier molecular flexibility index (Phi) is 7.94. The number of fused-ring (bicyclic) bond motifs is 1. The van der Waals surface area contributed by atoms with E-state index in [9.17, 15) is 8.42 Å². The predicted molar refractivity (Wildman–Crippen MR) is 156 cm³/mol. The fourth-order valence-electron chi connectivity index (χ4n) is 4.64. The number of rotatable bonds is 9. The van der Waals surface area contributed by atoms with E-state index in [1.807, 2.05) is 56.3 Å². The molecule has 1 aliphatic rings. The number of nitrogens with zero attached hydrogens (tertiary/aromatic N) is 3. The van der Waals surface area contributed by atoms with E-state index in [-0.39, 0.29) is 6.04 Å². The third-order valence-corrected chi connectivity index (χ3v) is 8.99. The molecule has 0 spiro atoms. The van der Waals surface area contributed by atoms with E-state index in [0.717, 1.165) is 47.8 Å². The SMILES string of the molecule is CCC(C)S(=O)(=O)Nc1cccc2c(Oc3ncccc3-c3ccnc(N[C@H]4CCCNC4)n3)c(C)ccc12. The summed E-state index contributed by atoms with van der Waals surface area (Å²) in [5, 5.41) is 7.85. The summed E-state index contributed by atoms with van der Waals surface area (Å²) in [7, 11) is -3.52. The average molecular weight is 547 g/mol. The van der Waals surface area contributed by atoms with Crippen LogP contribution in [0.5, 0.6) is 11.6 Å². The van der Waals surface area contributed by atoms with Crippen LogP contribution in [-0.2, 0) is 10.0 Å². The lowest BCUT2D eigenvalue weighted by Gasteiger charge is -2.23. The Bertz CT molecular complexity index is 1570. The van der Waals surface area contributed by atoms with Crippen LogP contribution in [-0.4, -0.2) is 47.8 Å². The lowest BCUT2D eigenvalue weighted by atomic mass is 10.0. The quantitative estimate of drug-likeness (QED) is 0.252. The molecule has 39 heavy (non-hydrogen) atoms. The molecule has 2 aromatic heterocycles. The second kappa shape index (κ2) is 11.5. The van der Waals surface area contributed by atoms with Crippen molar-refractivity contribution in [3.63, 3.8) is 0 Å².